The van der Waals surface area contributed by atoms with E-state index in [0.717, 1.165) is 5.56 Å². The van der Waals surface area contributed by atoms with E-state index in [1.807, 2.05) is 6.92 Å². The molecule has 2 rings (SSSR count). The van der Waals surface area contributed by atoms with E-state index in [1.54, 1.807) is 30.0 Å². The van der Waals surface area contributed by atoms with E-state index in [9.17, 15) is 9.59 Å². The lowest BCUT2D eigenvalue weighted by Gasteiger charge is -2.29. The van der Waals surface area contributed by atoms with Crippen LogP contribution in [-0.2, 0) is 9.53 Å². The van der Waals surface area contributed by atoms with Gasteiger partial charge in [0.05, 0.1) is 13.2 Å². The molecule has 114 valence electrons. The number of nitrogens with zero attached hydrogens (tertiary/aromatic N) is 1. The van der Waals surface area contributed by atoms with Gasteiger partial charge in [0, 0.05) is 24.3 Å². The highest BCUT2D eigenvalue weighted by Crippen LogP contribution is 2.12. The molecule has 1 aromatic carbocycles. The summed E-state index contributed by atoms with van der Waals surface area (Å²) in [7, 11) is 0. The van der Waals surface area contributed by atoms with E-state index in [-0.39, 0.29) is 11.8 Å². The monoisotopic (exact) mass is 291 g/mol. The molecule has 1 atom stereocenters. The highest BCUT2D eigenvalue weighted by molar-refractivity contribution is 5.98. The normalized spacial score (nSPS) is 16.4. The Hall–Kier alpha value is -2.08. The zero-order valence-electron chi connectivity index (χ0n) is 12.4. The molecule has 6 heteroatoms. The second kappa shape index (κ2) is 6.58. The molecule has 2 amide bonds. The summed E-state index contributed by atoms with van der Waals surface area (Å²) in [5.74, 6) is -0.346. The zero-order valence-corrected chi connectivity index (χ0v) is 12.4. The van der Waals surface area contributed by atoms with Crippen molar-refractivity contribution < 1.29 is 14.3 Å². The highest BCUT2D eigenvalue weighted by Gasteiger charge is 2.24. The number of nitrogens with two attached hydrogens (primary N) is 1. The predicted molar refractivity (Wildman–Crippen MR) is 79.9 cm³/mol. The molecule has 0 spiro atoms. The summed E-state index contributed by atoms with van der Waals surface area (Å²) in [6.07, 6.45) is 0. The highest BCUT2D eigenvalue weighted by atomic mass is 16.5. The average Bonchev–Trinajstić information content (AvgIpc) is 2.47. The fraction of sp³-hybridized carbons (Fsp3) is 0.467. The molecule has 1 aromatic rings. The van der Waals surface area contributed by atoms with E-state index >= 15 is 0 Å². The molecule has 21 heavy (non-hydrogen) atoms. The second-order valence-corrected chi connectivity index (χ2v) is 5.21. The Morgan fingerprint density at radius 3 is 2.62 bits per heavy atom. The molecule has 1 heterocycles. The number of aryl methyl sites for hydroxylation is 1. The number of hydrogen-bond acceptors (Lipinski definition) is 4. The zero-order chi connectivity index (χ0) is 15.4. The summed E-state index contributed by atoms with van der Waals surface area (Å²) in [5.41, 5.74) is 7.61. The maximum Gasteiger partial charge on any atom is 0.252 e. The van der Waals surface area contributed by atoms with E-state index in [4.69, 9.17) is 10.5 Å². The van der Waals surface area contributed by atoms with Gasteiger partial charge < -0.3 is 20.7 Å². The van der Waals surface area contributed by atoms with E-state index in [1.165, 1.54) is 0 Å². The number of hydrogen-bond donors (Lipinski definition) is 2. The van der Waals surface area contributed by atoms with Crippen molar-refractivity contribution in [3.05, 3.63) is 29.3 Å². The molecule has 6 nitrogen and oxygen atoms in total. The van der Waals surface area contributed by atoms with Crippen LogP contribution in [0.1, 0.15) is 22.8 Å². The topological polar surface area (TPSA) is 84.7 Å². The van der Waals surface area contributed by atoms with Gasteiger partial charge in [-0.15, -0.1) is 0 Å². The maximum absolute atomic E-state index is 12.2. The second-order valence-electron chi connectivity index (χ2n) is 5.21. The molecular formula is C15H21N3O3. The Labute approximate surface area is 124 Å². The van der Waals surface area contributed by atoms with E-state index in [0.29, 0.717) is 37.6 Å². The van der Waals surface area contributed by atoms with Crippen molar-refractivity contribution in [2.45, 2.75) is 19.9 Å². The molecule has 1 aliphatic rings. The molecule has 1 aliphatic heterocycles. The Morgan fingerprint density at radius 2 is 2.00 bits per heavy atom. The molecule has 3 N–H and O–H groups in total. The van der Waals surface area contributed by atoms with Crippen LogP contribution in [0.4, 0.5) is 5.69 Å². The van der Waals surface area contributed by atoms with Gasteiger partial charge >= 0.3 is 0 Å². The summed E-state index contributed by atoms with van der Waals surface area (Å²) in [4.78, 5) is 26.2. The SMILES string of the molecule is Cc1cc(N)ccc1C(=O)NC(C)C(=O)N1CCOCC1. The van der Waals surface area contributed by atoms with Crippen molar-refractivity contribution in [3.63, 3.8) is 0 Å². The van der Waals surface area contributed by atoms with Crippen molar-refractivity contribution in [1.29, 1.82) is 0 Å². The van der Waals surface area contributed by atoms with Crippen LogP contribution >= 0.6 is 0 Å². The molecule has 0 radical (unpaired) electrons. The first kappa shape index (κ1) is 15.3. The summed E-state index contributed by atoms with van der Waals surface area (Å²) >= 11 is 0. The lowest BCUT2D eigenvalue weighted by Crippen LogP contribution is -2.50. The third-order valence-electron chi connectivity index (χ3n) is 3.54. The predicted octanol–water partition coefficient (Wildman–Crippen LogP) is 0.554. The fourth-order valence-corrected chi connectivity index (χ4v) is 2.34. The van der Waals surface area contributed by atoms with Crippen LogP contribution in [0.2, 0.25) is 0 Å². The lowest BCUT2D eigenvalue weighted by atomic mass is 10.1. The number of morpholine rings is 1. The number of benzene rings is 1. The van der Waals surface area contributed by atoms with Gasteiger partial charge in [-0.05, 0) is 37.6 Å². The maximum atomic E-state index is 12.2. The van der Waals surface area contributed by atoms with Crippen molar-refractivity contribution in [2.75, 3.05) is 32.0 Å². The summed E-state index contributed by atoms with van der Waals surface area (Å²) in [6, 6.07) is 4.53. The first-order valence-corrected chi connectivity index (χ1v) is 7.02. The van der Waals surface area contributed by atoms with Gasteiger partial charge in [0.2, 0.25) is 5.91 Å². The third kappa shape index (κ3) is 3.72. The first-order valence-electron chi connectivity index (χ1n) is 7.02. The Kier molecular flexibility index (Phi) is 4.80. The number of amides is 2. The molecule has 1 saturated heterocycles. The van der Waals surface area contributed by atoms with Gasteiger partial charge in [-0.3, -0.25) is 9.59 Å². The fourth-order valence-electron chi connectivity index (χ4n) is 2.34. The van der Waals surface area contributed by atoms with Crippen molar-refractivity contribution in [2.24, 2.45) is 0 Å². The average molecular weight is 291 g/mol. The number of nitrogens with one attached hydrogen (secondary N) is 1. The lowest BCUT2D eigenvalue weighted by molar-refractivity contribution is -0.136. The van der Waals surface area contributed by atoms with Crippen LogP contribution < -0.4 is 11.1 Å². The number of ether oxygens (including phenoxy) is 1. The minimum Gasteiger partial charge on any atom is -0.399 e. The standard InChI is InChI=1S/C15H21N3O3/c1-10-9-12(16)3-4-13(10)14(19)17-11(2)15(20)18-5-7-21-8-6-18/h3-4,9,11H,5-8,16H2,1-2H3,(H,17,19). The smallest absolute Gasteiger partial charge is 0.252 e. The van der Waals surface area contributed by atoms with Crippen LogP contribution in [0.3, 0.4) is 0 Å². The minimum absolute atomic E-state index is 0.0836. The third-order valence-corrected chi connectivity index (χ3v) is 3.54. The molecule has 0 aliphatic carbocycles. The summed E-state index contributed by atoms with van der Waals surface area (Å²) in [5, 5.41) is 2.74. The van der Waals surface area contributed by atoms with Crippen molar-refractivity contribution in [1.82, 2.24) is 10.2 Å². The van der Waals surface area contributed by atoms with Gasteiger partial charge in [0.1, 0.15) is 6.04 Å². The van der Waals surface area contributed by atoms with E-state index < -0.39 is 6.04 Å². The Bertz CT molecular complexity index is 539. The summed E-state index contributed by atoms with van der Waals surface area (Å²) < 4.78 is 5.21. The van der Waals surface area contributed by atoms with Crippen LogP contribution in [0.25, 0.3) is 0 Å². The minimum atomic E-state index is -0.562. The van der Waals surface area contributed by atoms with Gasteiger partial charge in [-0.1, -0.05) is 0 Å². The molecule has 0 aromatic heterocycles. The molecule has 1 unspecified atom stereocenters. The van der Waals surface area contributed by atoms with Crippen LogP contribution in [0, 0.1) is 6.92 Å². The molecular weight excluding hydrogens is 270 g/mol. The van der Waals surface area contributed by atoms with Gasteiger partial charge in [-0.25, -0.2) is 0 Å². The van der Waals surface area contributed by atoms with Crippen LogP contribution in [-0.4, -0.2) is 49.1 Å². The van der Waals surface area contributed by atoms with E-state index in [2.05, 4.69) is 5.32 Å². The molecule has 0 saturated carbocycles. The molecule has 1 fully saturated rings. The van der Waals surface area contributed by atoms with Crippen LogP contribution in [0.15, 0.2) is 18.2 Å². The number of nitrogen functional groups attached to an aromatic ring is 1. The molecule has 0 bridgehead atoms. The van der Waals surface area contributed by atoms with Crippen molar-refractivity contribution >= 4 is 17.5 Å². The number of anilines is 1. The summed E-state index contributed by atoms with van der Waals surface area (Å²) in [6.45, 7) is 5.74. The van der Waals surface area contributed by atoms with Crippen LogP contribution in [0.5, 0.6) is 0 Å². The largest absolute Gasteiger partial charge is 0.399 e. The van der Waals surface area contributed by atoms with Gasteiger partial charge in [-0.2, -0.15) is 0 Å². The Balaban J connectivity index is 1.99. The number of carbonyl (C=O) groups is 2. The van der Waals surface area contributed by atoms with Gasteiger partial charge in [0.25, 0.3) is 5.91 Å². The quantitative estimate of drug-likeness (QED) is 0.797. The van der Waals surface area contributed by atoms with Crippen molar-refractivity contribution in [3.8, 4) is 0 Å². The first-order chi connectivity index (χ1) is 9.99. The number of carbonyl (C=O) groups excluding carboxylic acids is 2. The Morgan fingerprint density at radius 1 is 1.33 bits per heavy atom. The number of rotatable bonds is 3. The van der Waals surface area contributed by atoms with Gasteiger partial charge in [0.15, 0.2) is 0 Å².